The van der Waals surface area contributed by atoms with E-state index in [1.165, 1.54) is 18.5 Å². The molecule has 1 aromatic rings. The molecule has 1 unspecified atom stereocenters. The Kier molecular flexibility index (Phi) is 4.66. The lowest BCUT2D eigenvalue weighted by Crippen LogP contribution is -2.07. The summed E-state index contributed by atoms with van der Waals surface area (Å²) < 4.78 is 2.11. The third-order valence-electron chi connectivity index (χ3n) is 2.54. The molecule has 1 heterocycles. The van der Waals surface area contributed by atoms with E-state index in [2.05, 4.69) is 45.6 Å². The molecule has 14 heavy (non-hydrogen) atoms. The van der Waals surface area contributed by atoms with Gasteiger partial charge in [-0.25, -0.2) is 0 Å². The maximum absolute atomic E-state index is 4.45. The quantitative estimate of drug-likeness (QED) is 0.742. The number of aromatic nitrogens is 2. The van der Waals surface area contributed by atoms with Crippen LogP contribution in [0.3, 0.4) is 0 Å². The average molecular weight is 259 g/mol. The van der Waals surface area contributed by atoms with Gasteiger partial charge in [0, 0.05) is 17.6 Å². The topological polar surface area (TPSA) is 17.8 Å². The molecule has 0 spiro atoms. The first kappa shape index (κ1) is 11.8. The van der Waals surface area contributed by atoms with Crippen molar-refractivity contribution in [1.29, 1.82) is 0 Å². The summed E-state index contributed by atoms with van der Waals surface area (Å²) in [5, 5.41) is 5.55. The summed E-state index contributed by atoms with van der Waals surface area (Å²) in [4.78, 5) is 0. The van der Waals surface area contributed by atoms with Gasteiger partial charge in [0.25, 0.3) is 0 Å². The Hall–Kier alpha value is -0.310. The lowest BCUT2D eigenvalue weighted by molar-refractivity contribution is 0.446. The van der Waals surface area contributed by atoms with E-state index >= 15 is 0 Å². The Morgan fingerprint density at radius 3 is 2.64 bits per heavy atom. The maximum atomic E-state index is 4.45. The molecule has 0 aliphatic carbocycles. The Balaban J connectivity index is 2.41. The molecule has 0 aromatic carbocycles. The molecular weight excluding hydrogens is 240 g/mol. The van der Waals surface area contributed by atoms with Crippen LogP contribution in [0.15, 0.2) is 6.07 Å². The van der Waals surface area contributed by atoms with Gasteiger partial charge in [-0.3, -0.25) is 4.68 Å². The van der Waals surface area contributed by atoms with Gasteiger partial charge in [-0.05, 0) is 38.7 Å². The summed E-state index contributed by atoms with van der Waals surface area (Å²) in [6.07, 6.45) is 2.47. The van der Waals surface area contributed by atoms with Gasteiger partial charge in [-0.1, -0.05) is 22.9 Å². The molecule has 0 fully saturated rings. The molecule has 1 atom stereocenters. The summed E-state index contributed by atoms with van der Waals surface area (Å²) in [5.41, 5.74) is 2.39. The van der Waals surface area contributed by atoms with Crippen LogP contribution in [0.5, 0.6) is 0 Å². The molecule has 3 heteroatoms. The van der Waals surface area contributed by atoms with Crippen molar-refractivity contribution in [1.82, 2.24) is 9.78 Å². The van der Waals surface area contributed by atoms with Crippen molar-refractivity contribution < 1.29 is 0 Å². The zero-order chi connectivity index (χ0) is 10.6. The van der Waals surface area contributed by atoms with Gasteiger partial charge in [0.2, 0.25) is 0 Å². The third kappa shape index (κ3) is 3.45. The minimum Gasteiger partial charge on any atom is -0.270 e. The highest BCUT2D eigenvalue weighted by atomic mass is 79.9. The SMILES string of the molecule is Cc1cc(C)n(CCC(C)CCBr)n1. The van der Waals surface area contributed by atoms with Crippen LogP contribution in [0.4, 0.5) is 0 Å². The second-order valence-corrected chi connectivity index (χ2v) is 4.81. The molecule has 0 saturated carbocycles. The lowest BCUT2D eigenvalue weighted by Gasteiger charge is -2.10. The second kappa shape index (κ2) is 5.54. The van der Waals surface area contributed by atoms with Crippen LogP contribution in [0.25, 0.3) is 0 Å². The highest BCUT2D eigenvalue weighted by Crippen LogP contribution is 2.11. The van der Waals surface area contributed by atoms with E-state index in [9.17, 15) is 0 Å². The normalized spacial score (nSPS) is 13.1. The Labute approximate surface area is 94.8 Å². The molecule has 1 rings (SSSR count). The van der Waals surface area contributed by atoms with Gasteiger partial charge in [-0.2, -0.15) is 5.10 Å². The largest absolute Gasteiger partial charge is 0.270 e. The molecular formula is C11H19BrN2. The molecule has 0 bridgehead atoms. The molecule has 0 N–H and O–H groups in total. The summed E-state index contributed by atoms with van der Waals surface area (Å²) >= 11 is 3.47. The van der Waals surface area contributed by atoms with E-state index < -0.39 is 0 Å². The average Bonchev–Trinajstić information content (AvgIpc) is 2.42. The van der Waals surface area contributed by atoms with Crippen LogP contribution < -0.4 is 0 Å². The van der Waals surface area contributed by atoms with Gasteiger partial charge in [0.05, 0.1) is 5.69 Å². The van der Waals surface area contributed by atoms with Crippen molar-refractivity contribution in [2.24, 2.45) is 5.92 Å². The smallest absolute Gasteiger partial charge is 0.0596 e. The van der Waals surface area contributed by atoms with Gasteiger partial charge in [0.1, 0.15) is 0 Å². The highest BCUT2D eigenvalue weighted by Gasteiger charge is 2.04. The zero-order valence-electron chi connectivity index (χ0n) is 9.26. The predicted octanol–water partition coefficient (Wildman–Crippen LogP) is 3.31. The van der Waals surface area contributed by atoms with Crippen LogP contribution in [-0.2, 0) is 6.54 Å². The first-order chi connectivity index (χ1) is 6.63. The van der Waals surface area contributed by atoms with Gasteiger partial charge >= 0.3 is 0 Å². The van der Waals surface area contributed by atoms with Crippen molar-refractivity contribution in [3.05, 3.63) is 17.5 Å². The van der Waals surface area contributed by atoms with Crippen LogP contribution in [0.1, 0.15) is 31.2 Å². The monoisotopic (exact) mass is 258 g/mol. The fourth-order valence-corrected chi connectivity index (χ4v) is 2.36. The highest BCUT2D eigenvalue weighted by molar-refractivity contribution is 9.09. The molecule has 2 nitrogen and oxygen atoms in total. The second-order valence-electron chi connectivity index (χ2n) is 4.02. The van der Waals surface area contributed by atoms with Crippen LogP contribution in [-0.4, -0.2) is 15.1 Å². The summed E-state index contributed by atoms with van der Waals surface area (Å²) in [7, 11) is 0. The lowest BCUT2D eigenvalue weighted by atomic mass is 10.1. The molecule has 80 valence electrons. The van der Waals surface area contributed by atoms with Crippen LogP contribution in [0.2, 0.25) is 0 Å². The summed E-state index contributed by atoms with van der Waals surface area (Å²) in [5.74, 6) is 0.776. The van der Waals surface area contributed by atoms with Crippen molar-refractivity contribution in [2.75, 3.05) is 5.33 Å². The minimum atomic E-state index is 0.776. The number of hydrogen-bond acceptors (Lipinski definition) is 1. The van der Waals surface area contributed by atoms with Gasteiger partial charge in [0.15, 0.2) is 0 Å². The molecule has 1 aromatic heterocycles. The Morgan fingerprint density at radius 2 is 2.14 bits per heavy atom. The number of aryl methyl sites for hydroxylation is 3. The third-order valence-corrected chi connectivity index (χ3v) is 3.00. The van der Waals surface area contributed by atoms with Gasteiger partial charge in [-0.15, -0.1) is 0 Å². The number of halogens is 1. The number of rotatable bonds is 5. The van der Waals surface area contributed by atoms with Crippen molar-refractivity contribution in [3.63, 3.8) is 0 Å². The molecule has 0 aliphatic rings. The predicted molar refractivity (Wildman–Crippen MR) is 63.9 cm³/mol. The molecule has 0 amide bonds. The van der Waals surface area contributed by atoms with Crippen molar-refractivity contribution in [2.45, 2.75) is 40.2 Å². The van der Waals surface area contributed by atoms with E-state index in [4.69, 9.17) is 0 Å². The summed E-state index contributed by atoms with van der Waals surface area (Å²) in [6, 6.07) is 2.13. The Bertz CT molecular complexity index is 281. The standard InChI is InChI=1S/C11H19BrN2/c1-9(4-6-12)5-7-14-11(3)8-10(2)13-14/h8-9H,4-7H2,1-3H3. The van der Waals surface area contributed by atoms with E-state index in [-0.39, 0.29) is 0 Å². The Morgan fingerprint density at radius 1 is 1.43 bits per heavy atom. The van der Waals surface area contributed by atoms with E-state index in [0.717, 1.165) is 23.5 Å². The van der Waals surface area contributed by atoms with Crippen molar-refractivity contribution >= 4 is 15.9 Å². The zero-order valence-corrected chi connectivity index (χ0v) is 10.8. The fraction of sp³-hybridized carbons (Fsp3) is 0.727. The minimum absolute atomic E-state index is 0.776. The molecule has 0 aliphatic heterocycles. The van der Waals surface area contributed by atoms with E-state index in [1.807, 2.05) is 6.92 Å². The number of hydrogen-bond donors (Lipinski definition) is 0. The first-order valence-electron chi connectivity index (χ1n) is 5.20. The van der Waals surface area contributed by atoms with Crippen molar-refractivity contribution in [3.8, 4) is 0 Å². The first-order valence-corrected chi connectivity index (χ1v) is 6.32. The molecule has 0 saturated heterocycles. The van der Waals surface area contributed by atoms with Gasteiger partial charge < -0.3 is 0 Å². The maximum Gasteiger partial charge on any atom is 0.0596 e. The number of nitrogens with zero attached hydrogens (tertiary/aromatic N) is 2. The molecule has 0 radical (unpaired) electrons. The number of alkyl halides is 1. The van der Waals surface area contributed by atoms with Crippen LogP contribution >= 0.6 is 15.9 Å². The van der Waals surface area contributed by atoms with Crippen LogP contribution in [0, 0.1) is 19.8 Å². The summed E-state index contributed by atoms with van der Waals surface area (Å²) in [6.45, 7) is 7.52. The fourth-order valence-electron chi connectivity index (χ4n) is 1.57. The van der Waals surface area contributed by atoms with E-state index in [0.29, 0.717) is 0 Å². The van der Waals surface area contributed by atoms with E-state index in [1.54, 1.807) is 0 Å².